The lowest BCUT2D eigenvalue weighted by molar-refractivity contribution is -0.159. The molecule has 0 unspecified atom stereocenters. The molecule has 0 bridgehead atoms. The van der Waals surface area contributed by atoms with Crippen LogP contribution in [-0.2, 0) is 4.79 Å². The van der Waals surface area contributed by atoms with Crippen molar-refractivity contribution in [3.63, 3.8) is 0 Å². The van der Waals surface area contributed by atoms with Gasteiger partial charge in [-0.25, -0.2) is 4.79 Å². The van der Waals surface area contributed by atoms with Crippen LogP contribution in [-0.4, -0.2) is 64.7 Å². The van der Waals surface area contributed by atoms with Crippen LogP contribution in [0.25, 0.3) is 0 Å². The number of rotatable bonds is 4. The van der Waals surface area contributed by atoms with Crippen molar-refractivity contribution in [1.82, 2.24) is 15.1 Å². The summed E-state index contributed by atoms with van der Waals surface area (Å²) >= 11 is 0. The molecule has 4 rings (SSSR count). The molecule has 1 aliphatic carbocycles. The summed E-state index contributed by atoms with van der Waals surface area (Å²) in [6, 6.07) is 7.89. The zero-order valence-electron chi connectivity index (χ0n) is 18.5. The lowest BCUT2D eigenvalue weighted by atomic mass is 9.73. The van der Waals surface area contributed by atoms with E-state index in [1.165, 1.54) is 0 Å². The van der Waals surface area contributed by atoms with Crippen LogP contribution in [0.1, 0.15) is 63.0 Å². The Hall–Kier alpha value is -2.52. The van der Waals surface area contributed by atoms with Crippen LogP contribution in [0.2, 0.25) is 0 Å². The molecule has 2 saturated heterocycles. The Morgan fingerprint density at radius 1 is 1.23 bits per heavy atom. The van der Waals surface area contributed by atoms with Crippen LogP contribution in [0.4, 0.5) is 4.79 Å². The van der Waals surface area contributed by atoms with Gasteiger partial charge in [0, 0.05) is 30.5 Å². The number of nitrogens with zero attached hydrogens (tertiary/aromatic N) is 2. The molecule has 31 heavy (non-hydrogen) atoms. The fraction of sp³-hybridized carbons (Fsp3) is 0.600. The molecule has 3 amide bonds. The first-order chi connectivity index (χ1) is 15.0. The van der Waals surface area contributed by atoms with E-state index in [0.717, 1.165) is 43.2 Å². The van der Waals surface area contributed by atoms with Crippen LogP contribution in [0.3, 0.4) is 0 Å². The quantitative estimate of drug-likeness (QED) is 0.732. The monoisotopic (exact) mass is 423 g/mol. The molecule has 3 aliphatic rings. The first-order valence-electron chi connectivity index (χ1n) is 11.5. The highest BCUT2D eigenvalue weighted by Gasteiger charge is 2.54. The third kappa shape index (κ3) is 4.57. The van der Waals surface area contributed by atoms with Crippen molar-refractivity contribution in [2.75, 3.05) is 19.7 Å². The number of carbonyl (C=O) groups is 2. The van der Waals surface area contributed by atoms with Gasteiger partial charge in [-0.2, -0.15) is 0 Å². The number of nitrogens with one attached hydrogen (secondary N) is 1. The number of fused-ring (bicyclic) bond motifs is 1. The van der Waals surface area contributed by atoms with E-state index in [9.17, 15) is 14.7 Å². The van der Waals surface area contributed by atoms with Crippen molar-refractivity contribution in [3.8, 4) is 11.8 Å². The molecule has 1 aromatic carbocycles. The predicted molar refractivity (Wildman–Crippen MR) is 119 cm³/mol. The minimum atomic E-state index is -0.226. The molecule has 3 atom stereocenters. The molecule has 1 saturated carbocycles. The highest BCUT2D eigenvalue weighted by molar-refractivity contribution is 5.87. The van der Waals surface area contributed by atoms with Crippen molar-refractivity contribution in [2.24, 2.45) is 5.92 Å². The first kappa shape index (κ1) is 21.7. The molecule has 166 valence electrons. The molecular weight excluding hydrogens is 390 g/mol. The number of piperazine rings is 1. The van der Waals surface area contributed by atoms with E-state index in [-0.39, 0.29) is 49.1 Å². The number of aliphatic hydroxyl groups excluding tert-OH is 1. The summed E-state index contributed by atoms with van der Waals surface area (Å²) in [6.45, 7) is 4.82. The molecule has 0 spiro atoms. The van der Waals surface area contributed by atoms with Crippen molar-refractivity contribution in [2.45, 2.75) is 70.0 Å². The molecule has 0 radical (unpaired) electrons. The van der Waals surface area contributed by atoms with Gasteiger partial charge in [-0.1, -0.05) is 50.7 Å². The minimum absolute atomic E-state index is 0.0219. The largest absolute Gasteiger partial charge is 0.394 e. The standard InChI is InChI=1S/C25H33N3O3/c1-17(2)6-5-7-18-10-12-19(13-11-18)24-21-14-27(15-23(30)28(21)22(24)16-29)25(31)26-20-8-3-4-9-20/h10-13,17,20-22,24,29H,3-4,6,8-9,14-16H2,1-2H3,(H,26,31)/t21-,22+,24+/m1/s1. The normalized spacial score (nSPS) is 25.7. The van der Waals surface area contributed by atoms with Gasteiger partial charge >= 0.3 is 6.03 Å². The number of carbonyl (C=O) groups excluding carboxylic acids is 2. The summed E-state index contributed by atoms with van der Waals surface area (Å²) in [4.78, 5) is 28.9. The number of hydrogen-bond acceptors (Lipinski definition) is 3. The van der Waals surface area contributed by atoms with E-state index in [1.54, 1.807) is 9.80 Å². The van der Waals surface area contributed by atoms with Crippen molar-refractivity contribution in [3.05, 3.63) is 35.4 Å². The summed E-state index contributed by atoms with van der Waals surface area (Å²) in [5, 5.41) is 13.0. The van der Waals surface area contributed by atoms with E-state index in [0.29, 0.717) is 12.5 Å². The fourth-order valence-corrected chi connectivity index (χ4v) is 5.14. The second-order valence-corrected chi connectivity index (χ2v) is 9.48. The van der Waals surface area contributed by atoms with E-state index < -0.39 is 0 Å². The number of urea groups is 1. The average Bonchev–Trinajstić information content (AvgIpc) is 3.23. The van der Waals surface area contributed by atoms with Crippen LogP contribution in [0.15, 0.2) is 24.3 Å². The maximum atomic E-state index is 12.8. The van der Waals surface area contributed by atoms with E-state index >= 15 is 0 Å². The van der Waals surface area contributed by atoms with Gasteiger partial charge in [0.15, 0.2) is 0 Å². The van der Waals surface area contributed by atoms with Gasteiger partial charge in [0.25, 0.3) is 0 Å². The highest BCUT2D eigenvalue weighted by Crippen LogP contribution is 2.42. The van der Waals surface area contributed by atoms with Crippen LogP contribution < -0.4 is 5.32 Å². The van der Waals surface area contributed by atoms with E-state index in [4.69, 9.17) is 0 Å². The van der Waals surface area contributed by atoms with Crippen molar-refractivity contribution in [1.29, 1.82) is 0 Å². The Labute approximate surface area is 185 Å². The summed E-state index contributed by atoms with van der Waals surface area (Å²) < 4.78 is 0. The third-order valence-electron chi connectivity index (χ3n) is 6.76. The first-order valence-corrected chi connectivity index (χ1v) is 11.5. The third-order valence-corrected chi connectivity index (χ3v) is 6.76. The highest BCUT2D eigenvalue weighted by atomic mass is 16.3. The molecule has 1 aromatic rings. The molecule has 3 fully saturated rings. The van der Waals surface area contributed by atoms with Gasteiger partial charge in [-0.15, -0.1) is 0 Å². The van der Waals surface area contributed by atoms with Gasteiger partial charge in [-0.05, 0) is 36.5 Å². The Balaban J connectivity index is 1.45. The molecule has 0 aromatic heterocycles. The van der Waals surface area contributed by atoms with Gasteiger partial charge in [0.05, 0.1) is 18.7 Å². The smallest absolute Gasteiger partial charge is 0.318 e. The van der Waals surface area contributed by atoms with Crippen LogP contribution in [0.5, 0.6) is 0 Å². The Morgan fingerprint density at radius 3 is 2.58 bits per heavy atom. The topological polar surface area (TPSA) is 72.9 Å². The zero-order chi connectivity index (χ0) is 22.0. The fourth-order valence-electron chi connectivity index (χ4n) is 5.14. The summed E-state index contributed by atoms with van der Waals surface area (Å²) in [7, 11) is 0. The summed E-state index contributed by atoms with van der Waals surface area (Å²) in [5.74, 6) is 6.89. The minimum Gasteiger partial charge on any atom is -0.394 e. The molecular formula is C25H33N3O3. The van der Waals surface area contributed by atoms with E-state index in [1.807, 2.05) is 24.3 Å². The van der Waals surface area contributed by atoms with Crippen molar-refractivity contribution < 1.29 is 14.7 Å². The van der Waals surface area contributed by atoms with Gasteiger partial charge in [0.2, 0.25) is 5.91 Å². The maximum Gasteiger partial charge on any atom is 0.318 e. The number of aliphatic hydroxyl groups is 1. The lowest BCUT2D eigenvalue weighted by Crippen LogP contribution is -2.74. The summed E-state index contributed by atoms with van der Waals surface area (Å²) in [6.07, 6.45) is 5.21. The van der Waals surface area contributed by atoms with Crippen LogP contribution >= 0.6 is 0 Å². The molecule has 2 aliphatic heterocycles. The zero-order valence-corrected chi connectivity index (χ0v) is 18.5. The van der Waals surface area contributed by atoms with Crippen molar-refractivity contribution >= 4 is 11.9 Å². The van der Waals surface area contributed by atoms with Gasteiger partial charge in [-0.3, -0.25) is 4.79 Å². The second kappa shape index (κ2) is 9.32. The SMILES string of the molecule is CC(C)CC#Cc1ccc([C@H]2[C@H]3CN(C(=O)NC4CCCC4)CC(=O)N3[C@H]2CO)cc1. The Morgan fingerprint density at radius 2 is 1.94 bits per heavy atom. The molecule has 2 heterocycles. The Bertz CT molecular complexity index is 864. The lowest BCUT2D eigenvalue weighted by Gasteiger charge is -2.58. The van der Waals surface area contributed by atoms with Gasteiger partial charge in [0.1, 0.15) is 6.54 Å². The second-order valence-electron chi connectivity index (χ2n) is 9.48. The van der Waals surface area contributed by atoms with Crippen LogP contribution in [0, 0.1) is 17.8 Å². The molecule has 6 heteroatoms. The molecule has 6 nitrogen and oxygen atoms in total. The average molecular weight is 424 g/mol. The van der Waals surface area contributed by atoms with E-state index in [2.05, 4.69) is 31.0 Å². The number of benzene rings is 1. The predicted octanol–water partition coefficient (Wildman–Crippen LogP) is 2.71. The Kier molecular flexibility index (Phi) is 6.52. The number of amides is 3. The maximum absolute atomic E-state index is 12.8. The summed E-state index contributed by atoms with van der Waals surface area (Å²) in [5.41, 5.74) is 2.05. The number of hydrogen-bond donors (Lipinski definition) is 2. The van der Waals surface area contributed by atoms with Gasteiger partial charge < -0.3 is 20.2 Å². The molecule has 2 N–H and O–H groups in total.